The molecule has 4 N–H and O–H groups in total. The molecule has 182 valence electrons. The lowest BCUT2D eigenvalue weighted by atomic mass is 9.87. The standard InChI is InChI=1S/C26H24O9/c1-32-11-15-14-8-13(25-23(31)22(30)21-17(28)4-3-5-19(21)34-25)9-18(29)26(14)35-24(15)12-6-7-16(27)20(10-12)33-2/h3-10,15,23-25,27-29,31H,11H2,1-2H3/t15-,23?,24?,25?/m1/s1. The van der Waals surface area contributed by atoms with Crippen molar-refractivity contribution in [2.75, 3.05) is 20.8 Å². The molecule has 0 aromatic heterocycles. The first-order chi connectivity index (χ1) is 16.8. The maximum atomic E-state index is 12.8. The van der Waals surface area contributed by atoms with E-state index in [2.05, 4.69) is 0 Å². The highest BCUT2D eigenvalue weighted by atomic mass is 16.5. The molecule has 2 aliphatic rings. The summed E-state index contributed by atoms with van der Waals surface area (Å²) in [5.74, 6) is -0.830. The fourth-order valence-electron chi connectivity index (χ4n) is 4.73. The van der Waals surface area contributed by atoms with Crippen LogP contribution in [0.4, 0.5) is 0 Å². The van der Waals surface area contributed by atoms with Crippen LogP contribution in [0.5, 0.6) is 34.5 Å². The number of ether oxygens (including phenoxy) is 4. The lowest BCUT2D eigenvalue weighted by Gasteiger charge is -2.30. The molecular formula is C26H24O9. The summed E-state index contributed by atoms with van der Waals surface area (Å²) in [6.07, 6.45) is -3.25. The zero-order chi connectivity index (χ0) is 24.9. The van der Waals surface area contributed by atoms with Gasteiger partial charge in [-0.2, -0.15) is 0 Å². The van der Waals surface area contributed by atoms with Crippen molar-refractivity contribution in [3.8, 4) is 34.5 Å². The second-order valence-electron chi connectivity index (χ2n) is 8.49. The van der Waals surface area contributed by atoms with Crippen LogP contribution in [0.1, 0.15) is 45.2 Å². The molecule has 3 aromatic rings. The van der Waals surface area contributed by atoms with Crippen LogP contribution in [-0.4, -0.2) is 53.1 Å². The molecule has 0 amide bonds. The van der Waals surface area contributed by atoms with E-state index in [-0.39, 0.29) is 52.6 Å². The van der Waals surface area contributed by atoms with Crippen LogP contribution >= 0.6 is 0 Å². The van der Waals surface area contributed by atoms with Gasteiger partial charge in [-0.1, -0.05) is 12.1 Å². The highest BCUT2D eigenvalue weighted by Crippen LogP contribution is 2.52. The average molecular weight is 480 g/mol. The molecule has 0 spiro atoms. The number of aliphatic hydroxyl groups excluding tert-OH is 1. The van der Waals surface area contributed by atoms with E-state index in [9.17, 15) is 25.2 Å². The minimum Gasteiger partial charge on any atom is -0.507 e. The number of fused-ring (bicyclic) bond motifs is 2. The molecule has 0 fully saturated rings. The minimum atomic E-state index is -1.59. The van der Waals surface area contributed by atoms with Gasteiger partial charge in [0.05, 0.1) is 19.6 Å². The third-order valence-electron chi connectivity index (χ3n) is 6.40. The highest BCUT2D eigenvalue weighted by Gasteiger charge is 2.42. The SMILES string of the molecule is COC[C@@H]1c2cc(C3Oc4cccc(O)c4C(=O)C3O)cc(O)c2OC1c1ccc(O)c(OC)c1. The molecule has 3 aromatic carbocycles. The summed E-state index contributed by atoms with van der Waals surface area (Å²) in [5, 5.41) is 41.6. The van der Waals surface area contributed by atoms with Crippen molar-refractivity contribution in [3.63, 3.8) is 0 Å². The van der Waals surface area contributed by atoms with Gasteiger partial charge in [0.15, 0.2) is 35.2 Å². The van der Waals surface area contributed by atoms with Gasteiger partial charge >= 0.3 is 0 Å². The molecule has 9 nitrogen and oxygen atoms in total. The lowest BCUT2D eigenvalue weighted by Crippen LogP contribution is -2.36. The van der Waals surface area contributed by atoms with Crippen molar-refractivity contribution in [1.82, 2.24) is 0 Å². The lowest BCUT2D eigenvalue weighted by molar-refractivity contribution is 0.0210. The number of hydrogen-bond donors (Lipinski definition) is 4. The predicted octanol–water partition coefficient (Wildman–Crippen LogP) is 3.35. The van der Waals surface area contributed by atoms with Gasteiger partial charge in [0.25, 0.3) is 0 Å². The van der Waals surface area contributed by atoms with Gasteiger partial charge < -0.3 is 39.4 Å². The molecule has 0 saturated heterocycles. The fourth-order valence-corrected chi connectivity index (χ4v) is 4.73. The van der Waals surface area contributed by atoms with Crippen molar-refractivity contribution < 1.29 is 44.2 Å². The highest BCUT2D eigenvalue weighted by molar-refractivity contribution is 6.05. The van der Waals surface area contributed by atoms with Crippen LogP contribution < -0.4 is 14.2 Å². The van der Waals surface area contributed by atoms with Gasteiger partial charge in [0, 0.05) is 12.7 Å². The number of hydrogen-bond acceptors (Lipinski definition) is 9. The number of benzene rings is 3. The number of carbonyl (C=O) groups excluding carboxylic acids is 1. The van der Waals surface area contributed by atoms with E-state index < -0.39 is 24.1 Å². The number of ketones is 1. The van der Waals surface area contributed by atoms with E-state index in [0.29, 0.717) is 16.7 Å². The topological polar surface area (TPSA) is 135 Å². The summed E-state index contributed by atoms with van der Waals surface area (Å²) in [5.41, 5.74) is 1.60. The Hall–Kier alpha value is -3.95. The smallest absolute Gasteiger partial charge is 0.202 e. The van der Waals surface area contributed by atoms with E-state index in [1.54, 1.807) is 25.3 Å². The summed E-state index contributed by atoms with van der Waals surface area (Å²) in [6.45, 7) is 0.244. The number of phenolic OH excluding ortho intramolecular Hbond substituents is 3. The van der Waals surface area contributed by atoms with Crippen molar-refractivity contribution >= 4 is 5.78 Å². The molecule has 3 unspecified atom stereocenters. The van der Waals surface area contributed by atoms with Crippen LogP contribution in [0.3, 0.4) is 0 Å². The number of phenols is 3. The molecule has 5 rings (SSSR count). The molecular weight excluding hydrogens is 456 g/mol. The Labute approximate surface area is 200 Å². The molecule has 0 saturated carbocycles. The van der Waals surface area contributed by atoms with Crippen LogP contribution in [0.25, 0.3) is 0 Å². The van der Waals surface area contributed by atoms with Gasteiger partial charge in [0.2, 0.25) is 5.78 Å². The van der Waals surface area contributed by atoms with Crippen molar-refractivity contribution in [1.29, 1.82) is 0 Å². The van der Waals surface area contributed by atoms with E-state index in [1.165, 1.54) is 37.4 Å². The van der Waals surface area contributed by atoms with Gasteiger partial charge in [-0.3, -0.25) is 4.79 Å². The second kappa shape index (κ2) is 8.68. The summed E-state index contributed by atoms with van der Waals surface area (Å²) in [4.78, 5) is 12.8. The average Bonchev–Trinajstić information content (AvgIpc) is 3.21. The third-order valence-corrected chi connectivity index (χ3v) is 6.40. The van der Waals surface area contributed by atoms with E-state index in [1.807, 2.05) is 0 Å². The van der Waals surface area contributed by atoms with Crippen LogP contribution in [0.15, 0.2) is 48.5 Å². The van der Waals surface area contributed by atoms with Crippen LogP contribution in [-0.2, 0) is 4.74 Å². The summed E-state index contributed by atoms with van der Waals surface area (Å²) < 4.78 is 22.7. The van der Waals surface area contributed by atoms with E-state index in [4.69, 9.17) is 18.9 Å². The first-order valence-corrected chi connectivity index (χ1v) is 10.9. The zero-order valence-corrected chi connectivity index (χ0v) is 19.0. The number of aliphatic hydroxyl groups is 1. The van der Waals surface area contributed by atoms with Crippen molar-refractivity contribution in [2.24, 2.45) is 0 Å². The monoisotopic (exact) mass is 480 g/mol. The largest absolute Gasteiger partial charge is 0.507 e. The number of Topliss-reactive ketones (excluding diaryl/α,β-unsaturated/α-hetero) is 1. The Morgan fingerprint density at radius 3 is 2.43 bits per heavy atom. The van der Waals surface area contributed by atoms with Crippen molar-refractivity contribution in [2.45, 2.75) is 24.2 Å². The molecule has 0 aliphatic carbocycles. The molecule has 0 radical (unpaired) electrons. The molecule has 2 aliphatic heterocycles. The number of carbonyl (C=O) groups is 1. The van der Waals surface area contributed by atoms with Crippen LogP contribution in [0, 0.1) is 0 Å². The maximum absolute atomic E-state index is 12.8. The van der Waals surface area contributed by atoms with Gasteiger partial charge in [-0.25, -0.2) is 0 Å². The van der Waals surface area contributed by atoms with Crippen molar-refractivity contribution in [3.05, 3.63) is 70.8 Å². The van der Waals surface area contributed by atoms with E-state index in [0.717, 1.165) is 0 Å². The Morgan fingerprint density at radius 1 is 0.886 bits per heavy atom. The summed E-state index contributed by atoms with van der Waals surface area (Å²) >= 11 is 0. The maximum Gasteiger partial charge on any atom is 0.202 e. The molecule has 35 heavy (non-hydrogen) atoms. The van der Waals surface area contributed by atoms with Gasteiger partial charge in [-0.05, 0) is 47.5 Å². The third kappa shape index (κ3) is 3.69. The minimum absolute atomic E-state index is 0.0143. The summed E-state index contributed by atoms with van der Waals surface area (Å²) in [7, 11) is 2.99. The molecule has 9 heteroatoms. The van der Waals surface area contributed by atoms with Gasteiger partial charge in [-0.15, -0.1) is 0 Å². The molecule has 0 bridgehead atoms. The Balaban J connectivity index is 1.55. The number of aromatic hydroxyl groups is 3. The van der Waals surface area contributed by atoms with Crippen LogP contribution in [0.2, 0.25) is 0 Å². The summed E-state index contributed by atoms with van der Waals surface area (Å²) in [6, 6.07) is 12.4. The Bertz CT molecular complexity index is 1300. The zero-order valence-electron chi connectivity index (χ0n) is 19.0. The first kappa shape index (κ1) is 22.8. The normalized spacial score (nSPS) is 22.7. The Morgan fingerprint density at radius 2 is 1.69 bits per heavy atom. The number of rotatable bonds is 5. The first-order valence-electron chi connectivity index (χ1n) is 10.9. The fraction of sp³-hybridized carbons (Fsp3) is 0.269. The predicted molar refractivity (Wildman–Crippen MR) is 123 cm³/mol. The second-order valence-corrected chi connectivity index (χ2v) is 8.49. The number of methoxy groups -OCH3 is 2. The molecule has 2 heterocycles. The quantitative estimate of drug-likeness (QED) is 0.434. The Kier molecular flexibility index (Phi) is 5.66. The van der Waals surface area contributed by atoms with Gasteiger partial charge in [0.1, 0.15) is 23.2 Å². The van der Waals surface area contributed by atoms with E-state index >= 15 is 0 Å². The molecule has 4 atom stereocenters.